The first kappa shape index (κ1) is 19.0. The molecule has 4 rings (SSSR count). The van der Waals surface area contributed by atoms with Crippen molar-refractivity contribution in [3.63, 3.8) is 0 Å². The van der Waals surface area contributed by atoms with Crippen LogP contribution in [0.4, 0.5) is 5.69 Å². The summed E-state index contributed by atoms with van der Waals surface area (Å²) in [4.78, 5) is 12.8. The lowest BCUT2D eigenvalue weighted by Crippen LogP contribution is -2.11. The Bertz CT molecular complexity index is 1160. The van der Waals surface area contributed by atoms with Crippen molar-refractivity contribution >= 4 is 22.5 Å². The summed E-state index contributed by atoms with van der Waals surface area (Å²) in [6.07, 6.45) is 3.46. The van der Waals surface area contributed by atoms with Crippen LogP contribution < -0.4 is 5.32 Å². The van der Waals surface area contributed by atoms with Crippen LogP contribution in [0, 0.1) is 13.8 Å². The molecule has 0 aliphatic carbocycles. The molecule has 6 heteroatoms. The molecule has 0 bridgehead atoms. The molecule has 2 aromatic heterocycles. The van der Waals surface area contributed by atoms with Crippen LogP contribution in [0.2, 0.25) is 0 Å². The number of carbonyl (C=O) groups excluding carboxylic acids is 1. The van der Waals surface area contributed by atoms with Gasteiger partial charge in [-0.2, -0.15) is 5.10 Å². The Morgan fingerprint density at radius 1 is 1.14 bits per heavy atom. The Kier molecular flexibility index (Phi) is 5.18. The van der Waals surface area contributed by atoms with Gasteiger partial charge in [-0.05, 0) is 49.7 Å². The first-order valence-corrected chi connectivity index (χ1v) is 9.58. The summed E-state index contributed by atoms with van der Waals surface area (Å²) in [6, 6.07) is 15.6. The van der Waals surface area contributed by atoms with Crippen molar-refractivity contribution in [1.29, 1.82) is 0 Å². The number of carbonyl (C=O) groups is 1. The molecule has 6 nitrogen and oxygen atoms in total. The van der Waals surface area contributed by atoms with Crippen molar-refractivity contribution in [2.45, 2.75) is 20.4 Å². The number of nitrogens with zero attached hydrogens (tertiary/aromatic N) is 3. The van der Waals surface area contributed by atoms with Crippen LogP contribution in [0.1, 0.15) is 21.6 Å². The van der Waals surface area contributed by atoms with Gasteiger partial charge in [0.25, 0.3) is 5.91 Å². The summed E-state index contributed by atoms with van der Waals surface area (Å²) >= 11 is 0. The van der Waals surface area contributed by atoms with Gasteiger partial charge in [0.1, 0.15) is 0 Å². The first-order valence-electron chi connectivity index (χ1n) is 9.58. The van der Waals surface area contributed by atoms with E-state index in [1.807, 2.05) is 54.7 Å². The standard InChI is InChI=1S/C23H24N4O2/c1-16-17(2)26(11-12-29-3)22-10-9-18(13-21(16)22)23(28)25-19-14-24-27(15-19)20-7-5-4-6-8-20/h4-10,13-15H,11-12H2,1-3H3,(H,25,28). The molecule has 4 aromatic rings. The molecule has 0 fully saturated rings. The van der Waals surface area contributed by atoms with Gasteiger partial charge in [0, 0.05) is 35.8 Å². The third-order valence-electron chi connectivity index (χ3n) is 5.28. The molecular weight excluding hydrogens is 364 g/mol. The smallest absolute Gasteiger partial charge is 0.255 e. The van der Waals surface area contributed by atoms with Crippen molar-refractivity contribution < 1.29 is 9.53 Å². The second kappa shape index (κ2) is 7.93. The monoisotopic (exact) mass is 388 g/mol. The van der Waals surface area contributed by atoms with Gasteiger partial charge in [0.15, 0.2) is 0 Å². The van der Waals surface area contributed by atoms with Crippen molar-refractivity contribution in [2.24, 2.45) is 0 Å². The van der Waals surface area contributed by atoms with E-state index in [1.165, 1.54) is 11.3 Å². The molecule has 0 radical (unpaired) electrons. The molecular formula is C23H24N4O2. The molecule has 148 valence electrons. The molecule has 29 heavy (non-hydrogen) atoms. The summed E-state index contributed by atoms with van der Waals surface area (Å²) in [7, 11) is 1.70. The van der Waals surface area contributed by atoms with E-state index in [0.29, 0.717) is 17.9 Å². The normalized spacial score (nSPS) is 11.1. The third-order valence-corrected chi connectivity index (χ3v) is 5.28. The van der Waals surface area contributed by atoms with Gasteiger partial charge in [0.05, 0.1) is 30.4 Å². The molecule has 1 N–H and O–H groups in total. The molecule has 0 saturated carbocycles. The number of aromatic nitrogens is 3. The van der Waals surface area contributed by atoms with Gasteiger partial charge < -0.3 is 14.6 Å². The number of anilines is 1. The van der Waals surface area contributed by atoms with Gasteiger partial charge in [-0.1, -0.05) is 18.2 Å². The van der Waals surface area contributed by atoms with Crippen LogP contribution in [-0.4, -0.2) is 34.0 Å². The summed E-state index contributed by atoms with van der Waals surface area (Å²) in [5.74, 6) is -0.152. The predicted molar refractivity (Wildman–Crippen MR) is 115 cm³/mol. The van der Waals surface area contributed by atoms with E-state index in [-0.39, 0.29) is 5.91 Å². The van der Waals surface area contributed by atoms with Crippen molar-refractivity contribution in [2.75, 3.05) is 19.0 Å². The number of aryl methyl sites for hydroxylation is 1. The average Bonchev–Trinajstić information content (AvgIpc) is 3.30. The minimum atomic E-state index is -0.152. The number of hydrogen-bond donors (Lipinski definition) is 1. The highest BCUT2D eigenvalue weighted by atomic mass is 16.5. The molecule has 2 heterocycles. The van der Waals surface area contributed by atoms with Crippen LogP contribution in [0.5, 0.6) is 0 Å². The highest BCUT2D eigenvalue weighted by Gasteiger charge is 2.14. The number of nitrogens with one attached hydrogen (secondary N) is 1. The fraction of sp³-hybridized carbons (Fsp3) is 0.217. The Morgan fingerprint density at radius 3 is 2.69 bits per heavy atom. The molecule has 0 spiro atoms. The van der Waals surface area contributed by atoms with Gasteiger partial charge in [-0.15, -0.1) is 0 Å². The maximum Gasteiger partial charge on any atom is 0.255 e. The van der Waals surface area contributed by atoms with Gasteiger partial charge in [0.2, 0.25) is 0 Å². The quantitative estimate of drug-likeness (QED) is 0.534. The van der Waals surface area contributed by atoms with Crippen molar-refractivity contribution in [3.05, 3.63) is 77.7 Å². The average molecular weight is 388 g/mol. The zero-order valence-electron chi connectivity index (χ0n) is 16.8. The fourth-order valence-electron chi connectivity index (χ4n) is 3.57. The second-order valence-corrected chi connectivity index (χ2v) is 7.05. The summed E-state index contributed by atoms with van der Waals surface area (Å²) in [5.41, 5.74) is 5.71. The fourth-order valence-corrected chi connectivity index (χ4v) is 3.57. The minimum Gasteiger partial charge on any atom is -0.383 e. The van der Waals surface area contributed by atoms with Crippen LogP contribution in [0.3, 0.4) is 0 Å². The molecule has 0 saturated heterocycles. The Labute approximate surface area is 169 Å². The number of ether oxygens (including phenoxy) is 1. The highest BCUT2D eigenvalue weighted by Crippen LogP contribution is 2.26. The van der Waals surface area contributed by atoms with E-state index in [1.54, 1.807) is 18.0 Å². The summed E-state index contributed by atoms with van der Waals surface area (Å²) in [5, 5.41) is 8.36. The van der Waals surface area contributed by atoms with E-state index in [2.05, 4.69) is 28.8 Å². The molecule has 0 aliphatic heterocycles. The lowest BCUT2D eigenvalue weighted by molar-refractivity contribution is 0.102. The zero-order valence-corrected chi connectivity index (χ0v) is 16.8. The van der Waals surface area contributed by atoms with E-state index in [9.17, 15) is 4.79 Å². The second-order valence-electron chi connectivity index (χ2n) is 7.05. The van der Waals surface area contributed by atoms with E-state index < -0.39 is 0 Å². The predicted octanol–water partition coefficient (Wildman–Crippen LogP) is 4.34. The summed E-state index contributed by atoms with van der Waals surface area (Å²) in [6.45, 7) is 5.63. The lowest BCUT2D eigenvalue weighted by atomic mass is 10.1. The van der Waals surface area contributed by atoms with Gasteiger partial charge in [-0.3, -0.25) is 4.79 Å². The topological polar surface area (TPSA) is 61.1 Å². The number of fused-ring (bicyclic) bond motifs is 1. The van der Waals surface area contributed by atoms with Crippen LogP contribution in [-0.2, 0) is 11.3 Å². The first-order chi connectivity index (χ1) is 14.1. The van der Waals surface area contributed by atoms with Crippen LogP contribution in [0.15, 0.2) is 60.9 Å². The summed E-state index contributed by atoms with van der Waals surface area (Å²) < 4.78 is 9.20. The number of methoxy groups -OCH3 is 1. The van der Waals surface area contributed by atoms with Gasteiger partial charge >= 0.3 is 0 Å². The number of benzene rings is 2. The van der Waals surface area contributed by atoms with Crippen molar-refractivity contribution in [1.82, 2.24) is 14.3 Å². The largest absolute Gasteiger partial charge is 0.383 e. The van der Waals surface area contributed by atoms with E-state index in [0.717, 1.165) is 23.1 Å². The number of para-hydroxylation sites is 1. The van der Waals surface area contributed by atoms with Crippen LogP contribution >= 0.6 is 0 Å². The zero-order chi connectivity index (χ0) is 20.4. The Morgan fingerprint density at radius 2 is 1.93 bits per heavy atom. The van der Waals surface area contributed by atoms with Crippen LogP contribution in [0.25, 0.3) is 16.6 Å². The molecule has 0 unspecified atom stereocenters. The van der Waals surface area contributed by atoms with E-state index >= 15 is 0 Å². The highest BCUT2D eigenvalue weighted by molar-refractivity contribution is 6.06. The molecule has 0 atom stereocenters. The number of amides is 1. The molecule has 2 aromatic carbocycles. The maximum atomic E-state index is 12.8. The Hall–Kier alpha value is -3.38. The van der Waals surface area contributed by atoms with E-state index in [4.69, 9.17) is 4.74 Å². The van der Waals surface area contributed by atoms with Crippen molar-refractivity contribution in [3.8, 4) is 5.69 Å². The van der Waals surface area contributed by atoms with Gasteiger partial charge in [-0.25, -0.2) is 4.68 Å². The Balaban J connectivity index is 1.58. The molecule has 1 amide bonds. The minimum absolute atomic E-state index is 0.152. The maximum absolute atomic E-state index is 12.8. The lowest BCUT2D eigenvalue weighted by Gasteiger charge is -2.08. The third kappa shape index (κ3) is 3.67. The number of rotatable bonds is 6. The number of hydrogen-bond acceptors (Lipinski definition) is 3. The SMILES string of the molecule is COCCn1c(C)c(C)c2cc(C(=O)Nc3cnn(-c4ccccc4)c3)ccc21. The molecule has 0 aliphatic rings.